The average molecular weight is 266 g/mol. The number of nitrogens with zero attached hydrogens (tertiary/aromatic N) is 1. The maximum absolute atomic E-state index is 13.3. The van der Waals surface area contributed by atoms with Crippen LogP contribution in [0.5, 0.6) is 0 Å². The van der Waals surface area contributed by atoms with Crippen molar-refractivity contribution in [2.75, 3.05) is 7.05 Å². The molecule has 104 valence electrons. The molecule has 2 bridgehead atoms. The molecule has 0 amide bonds. The van der Waals surface area contributed by atoms with Crippen LogP contribution >= 0.6 is 0 Å². The van der Waals surface area contributed by atoms with E-state index in [-0.39, 0.29) is 0 Å². The number of halogens is 2. The maximum atomic E-state index is 13.3. The molecule has 1 aromatic carbocycles. The largest absolute Gasteiger partial charge is 0.317 e. The molecule has 3 rings (SSSR count). The van der Waals surface area contributed by atoms with E-state index < -0.39 is 11.6 Å². The summed E-state index contributed by atoms with van der Waals surface area (Å²) < 4.78 is 26.2. The molecule has 2 aliphatic heterocycles. The molecule has 0 aliphatic carbocycles. The molecular weight excluding hydrogens is 246 g/mol. The molecule has 0 saturated carbocycles. The molecule has 2 atom stereocenters. The number of benzene rings is 1. The third-order valence-electron chi connectivity index (χ3n) is 4.64. The SMILES string of the molecule is CNC1CC2CCC(C1)N2Cc1ccc(F)c(F)c1. The van der Waals surface area contributed by atoms with Crippen LogP contribution in [0.4, 0.5) is 8.78 Å². The topological polar surface area (TPSA) is 15.3 Å². The standard InChI is InChI=1S/C15H20F2N2/c1-18-11-7-12-3-4-13(8-11)19(12)9-10-2-5-14(16)15(17)6-10/h2,5-6,11-13,18H,3-4,7-9H2,1H3. The molecule has 0 spiro atoms. The highest BCUT2D eigenvalue weighted by atomic mass is 19.2. The molecule has 1 N–H and O–H groups in total. The smallest absolute Gasteiger partial charge is 0.159 e. The van der Waals surface area contributed by atoms with Crippen LogP contribution in [0.15, 0.2) is 18.2 Å². The fourth-order valence-electron chi connectivity index (χ4n) is 3.62. The number of rotatable bonds is 3. The molecular formula is C15H20F2N2. The van der Waals surface area contributed by atoms with Crippen molar-refractivity contribution in [1.82, 2.24) is 10.2 Å². The summed E-state index contributed by atoms with van der Waals surface area (Å²) in [6, 6.07) is 6.04. The van der Waals surface area contributed by atoms with Crippen LogP contribution in [0.1, 0.15) is 31.2 Å². The van der Waals surface area contributed by atoms with Crippen LogP contribution in [-0.4, -0.2) is 30.1 Å². The second-order valence-corrected chi connectivity index (χ2v) is 5.76. The summed E-state index contributed by atoms with van der Waals surface area (Å²) >= 11 is 0. The molecule has 2 unspecified atom stereocenters. The Balaban J connectivity index is 1.72. The second kappa shape index (κ2) is 5.17. The Kier molecular flexibility index (Phi) is 3.54. The Morgan fingerprint density at radius 3 is 2.42 bits per heavy atom. The van der Waals surface area contributed by atoms with E-state index in [1.807, 2.05) is 7.05 Å². The van der Waals surface area contributed by atoms with Crippen molar-refractivity contribution < 1.29 is 8.78 Å². The molecule has 0 aromatic heterocycles. The molecule has 2 fully saturated rings. The molecule has 2 saturated heterocycles. The maximum Gasteiger partial charge on any atom is 0.159 e. The Morgan fingerprint density at radius 1 is 1.16 bits per heavy atom. The van der Waals surface area contributed by atoms with Gasteiger partial charge in [-0.1, -0.05) is 6.07 Å². The zero-order valence-electron chi connectivity index (χ0n) is 11.2. The lowest BCUT2D eigenvalue weighted by molar-refractivity contribution is 0.111. The van der Waals surface area contributed by atoms with Crippen molar-refractivity contribution in [2.24, 2.45) is 0 Å². The van der Waals surface area contributed by atoms with Crippen LogP contribution in [0.3, 0.4) is 0 Å². The normalized spacial score (nSPS) is 30.8. The lowest BCUT2D eigenvalue weighted by atomic mass is 9.97. The van der Waals surface area contributed by atoms with Gasteiger partial charge in [0.15, 0.2) is 11.6 Å². The van der Waals surface area contributed by atoms with Gasteiger partial charge in [0.25, 0.3) is 0 Å². The van der Waals surface area contributed by atoms with Gasteiger partial charge in [0.05, 0.1) is 0 Å². The fraction of sp³-hybridized carbons (Fsp3) is 0.600. The van der Waals surface area contributed by atoms with E-state index in [9.17, 15) is 8.78 Å². The summed E-state index contributed by atoms with van der Waals surface area (Å²) in [5.74, 6) is -1.50. The summed E-state index contributed by atoms with van der Waals surface area (Å²) in [5.41, 5.74) is 0.874. The van der Waals surface area contributed by atoms with Gasteiger partial charge < -0.3 is 5.32 Å². The van der Waals surface area contributed by atoms with Gasteiger partial charge in [0.1, 0.15) is 0 Å². The fourth-order valence-corrected chi connectivity index (χ4v) is 3.62. The van der Waals surface area contributed by atoms with Crippen LogP contribution in [0.25, 0.3) is 0 Å². The number of nitrogens with one attached hydrogen (secondary N) is 1. The van der Waals surface area contributed by atoms with Crippen LogP contribution < -0.4 is 5.32 Å². The van der Waals surface area contributed by atoms with Gasteiger partial charge in [0, 0.05) is 24.7 Å². The Labute approximate surface area is 112 Å². The van der Waals surface area contributed by atoms with E-state index >= 15 is 0 Å². The van der Waals surface area contributed by atoms with Crippen molar-refractivity contribution in [3.8, 4) is 0 Å². The Bertz CT molecular complexity index is 449. The van der Waals surface area contributed by atoms with Gasteiger partial charge >= 0.3 is 0 Å². The summed E-state index contributed by atoms with van der Waals surface area (Å²) in [6.07, 6.45) is 4.78. The summed E-state index contributed by atoms with van der Waals surface area (Å²) in [6.45, 7) is 0.739. The predicted octanol–water partition coefficient (Wildman–Crippen LogP) is 2.68. The second-order valence-electron chi connectivity index (χ2n) is 5.76. The molecule has 19 heavy (non-hydrogen) atoms. The first kappa shape index (κ1) is 13.0. The van der Waals surface area contributed by atoms with Crippen molar-refractivity contribution in [3.05, 3.63) is 35.4 Å². The van der Waals surface area contributed by atoms with Gasteiger partial charge in [-0.05, 0) is 50.4 Å². The number of fused-ring (bicyclic) bond motifs is 2. The van der Waals surface area contributed by atoms with Gasteiger partial charge in [-0.3, -0.25) is 4.90 Å². The highest BCUT2D eigenvalue weighted by Crippen LogP contribution is 2.36. The van der Waals surface area contributed by atoms with E-state index in [1.165, 1.54) is 25.0 Å². The molecule has 2 aliphatic rings. The van der Waals surface area contributed by atoms with Crippen molar-refractivity contribution in [1.29, 1.82) is 0 Å². The number of hydrogen-bond acceptors (Lipinski definition) is 2. The van der Waals surface area contributed by atoms with Crippen molar-refractivity contribution >= 4 is 0 Å². The minimum atomic E-state index is -0.763. The zero-order valence-corrected chi connectivity index (χ0v) is 11.2. The highest BCUT2D eigenvalue weighted by molar-refractivity contribution is 5.18. The van der Waals surface area contributed by atoms with Gasteiger partial charge in [-0.25, -0.2) is 8.78 Å². The average Bonchev–Trinajstić information content (AvgIpc) is 2.64. The highest BCUT2D eigenvalue weighted by Gasteiger charge is 2.39. The first-order chi connectivity index (χ1) is 9.17. The lowest BCUT2D eigenvalue weighted by Gasteiger charge is -2.39. The third kappa shape index (κ3) is 2.51. The Morgan fingerprint density at radius 2 is 1.84 bits per heavy atom. The van der Waals surface area contributed by atoms with Gasteiger partial charge in [0.2, 0.25) is 0 Å². The number of piperidine rings is 1. The summed E-state index contributed by atoms with van der Waals surface area (Å²) in [7, 11) is 2.02. The van der Waals surface area contributed by atoms with E-state index in [4.69, 9.17) is 0 Å². The molecule has 2 heterocycles. The molecule has 1 aromatic rings. The Hall–Kier alpha value is -1.00. The van der Waals surface area contributed by atoms with Crippen molar-refractivity contribution in [3.63, 3.8) is 0 Å². The minimum absolute atomic E-state index is 0.587. The van der Waals surface area contributed by atoms with Crippen LogP contribution in [0, 0.1) is 11.6 Å². The summed E-state index contributed by atoms with van der Waals surface area (Å²) in [4.78, 5) is 2.47. The quantitative estimate of drug-likeness (QED) is 0.905. The van der Waals surface area contributed by atoms with Crippen LogP contribution in [0.2, 0.25) is 0 Å². The first-order valence-corrected chi connectivity index (χ1v) is 7.04. The lowest BCUT2D eigenvalue weighted by Crippen LogP contribution is -2.47. The zero-order chi connectivity index (χ0) is 13.4. The number of hydrogen-bond donors (Lipinski definition) is 1. The first-order valence-electron chi connectivity index (χ1n) is 7.04. The van der Waals surface area contributed by atoms with Gasteiger partial charge in [-0.2, -0.15) is 0 Å². The monoisotopic (exact) mass is 266 g/mol. The summed E-state index contributed by atoms with van der Waals surface area (Å²) in [5, 5.41) is 3.37. The minimum Gasteiger partial charge on any atom is -0.317 e. The van der Waals surface area contributed by atoms with Crippen molar-refractivity contribution in [2.45, 2.75) is 50.4 Å². The third-order valence-corrected chi connectivity index (χ3v) is 4.64. The molecule has 0 radical (unpaired) electrons. The predicted molar refractivity (Wildman–Crippen MR) is 70.8 cm³/mol. The van der Waals surface area contributed by atoms with E-state index in [2.05, 4.69) is 10.2 Å². The van der Waals surface area contributed by atoms with E-state index in [0.717, 1.165) is 24.9 Å². The van der Waals surface area contributed by atoms with Crippen LogP contribution in [-0.2, 0) is 6.54 Å². The van der Waals surface area contributed by atoms with E-state index in [1.54, 1.807) is 6.07 Å². The van der Waals surface area contributed by atoms with E-state index in [0.29, 0.717) is 18.1 Å². The molecule has 4 heteroatoms. The molecule has 2 nitrogen and oxygen atoms in total. The van der Waals surface area contributed by atoms with Gasteiger partial charge in [-0.15, -0.1) is 0 Å².